The monoisotopic (exact) mass is 351 g/mol. The van der Waals surface area contributed by atoms with Crippen LogP contribution < -0.4 is 10.2 Å². The Morgan fingerprint density at radius 2 is 2.17 bits per heavy atom. The number of ether oxygens (including phenoxy) is 1. The maximum absolute atomic E-state index is 12.4. The topological polar surface area (TPSA) is 112 Å². The van der Waals surface area contributed by atoms with Gasteiger partial charge in [-0.05, 0) is 31.7 Å². The number of aryl methyl sites for hydroxylation is 1. The number of hydrogen-bond acceptors (Lipinski definition) is 7. The summed E-state index contributed by atoms with van der Waals surface area (Å²) in [6.07, 6.45) is 0. The maximum atomic E-state index is 12.4. The molecule has 24 heavy (non-hydrogen) atoms. The van der Waals surface area contributed by atoms with E-state index in [0.717, 1.165) is 5.75 Å². The molecule has 10 heteroatoms. The van der Waals surface area contributed by atoms with Gasteiger partial charge < -0.3 is 4.74 Å². The van der Waals surface area contributed by atoms with Crippen LogP contribution >= 0.6 is 11.8 Å². The lowest BCUT2D eigenvalue weighted by Gasteiger charge is -2.10. The highest BCUT2D eigenvalue weighted by Crippen LogP contribution is 2.28. The lowest BCUT2D eigenvalue weighted by Crippen LogP contribution is -2.24. The fourth-order valence-corrected chi connectivity index (χ4v) is 2.60. The van der Waals surface area contributed by atoms with E-state index in [-0.39, 0.29) is 17.0 Å². The summed E-state index contributed by atoms with van der Waals surface area (Å²) in [6.45, 7) is 5.68. The molecule has 0 radical (unpaired) electrons. The average molecular weight is 351 g/mol. The smallest absolute Gasteiger partial charge is 0.311 e. The molecule has 0 atom stereocenters. The molecule has 0 aliphatic rings. The van der Waals surface area contributed by atoms with Crippen LogP contribution in [-0.4, -0.2) is 38.1 Å². The van der Waals surface area contributed by atoms with E-state index in [1.165, 1.54) is 34.6 Å². The fraction of sp³-hybridized carbons (Fsp3) is 0.357. The molecule has 0 aliphatic heterocycles. The highest BCUT2D eigenvalue weighted by molar-refractivity contribution is 7.99. The van der Waals surface area contributed by atoms with Crippen molar-refractivity contribution in [2.45, 2.75) is 25.9 Å². The van der Waals surface area contributed by atoms with E-state index < -0.39 is 10.8 Å². The Morgan fingerprint density at radius 3 is 2.79 bits per heavy atom. The summed E-state index contributed by atoms with van der Waals surface area (Å²) < 4.78 is 6.66. The minimum absolute atomic E-state index is 0.127. The van der Waals surface area contributed by atoms with Gasteiger partial charge in [-0.2, -0.15) is 0 Å². The van der Waals surface area contributed by atoms with Gasteiger partial charge in [-0.1, -0.05) is 18.7 Å². The zero-order chi connectivity index (χ0) is 17.7. The molecule has 1 aromatic carbocycles. The van der Waals surface area contributed by atoms with Crippen molar-refractivity contribution in [1.29, 1.82) is 0 Å². The largest absolute Gasteiger partial charge is 0.487 e. The molecule has 2 rings (SSSR count). The van der Waals surface area contributed by atoms with Crippen LogP contribution in [0.4, 0.5) is 5.69 Å². The second-order valence-electron chi connectivity index (χ2n) is 4.61. The van der Waals surface area contributed by atoms with Crippen molar-refractivity contribution in [3.8, 4) is 5.75 Å². The van der Waals surface area contributed by atoms with Crippen LogP contribution in [0.25, 0.3) is 0 Å². The SMILES string of the molecule is CCOc1ccc(C(=O)Nn2c(C)nnc2SCC)cc1[N+](=O)[O-]. The van der Waals surface area contributed by atoms with Crippen molar-refractivity contribution >= 4 is 23.4 Å². The summed E-state index contributed by atoms with van der Waals surface area (Å²) in [7, 11) is 0. The number of nitrogens with one attached hydrogen (secondary N) is 1. The first-order valence-electron chi connectivity index (χ1n) is 7.25. The molecule has 1 N–H and O–H groups in total. The molecular weight excluding hydrogens is 334 g/mol. The van der Waals surface area contributed by atoms with Crippen molar-refractivity contribution < 1.29 is 14.5 Å². The van der Waals surface area contributed by atoms with Gasteiger partial charge in [-0.25, -0.2) is 4.68 Å². The van der Waals surface area contributed by atoms with Gasteiger partial charge in [0.25, 0.3) is 5.91 Å². The van der Waals surface area contributed by atoms with Gasteiger partial charge in [-0.3, -0.25) is 20.3 Å². The Bertz CT molecular complexity index is 762. The Kier molecular flexibility index (Phi) is 5.74. The van der Waals surface area contributed by atoms with Gasteiger partial charge >= 0.3 is 5.69 Å². The zero-order valence-corrected chi connectivity index (χ0v) is 14.3. The van der Waals surface area contributed by atoms with Crippen molar-refractivity contribution in [3.63, 3.8) is 0 Å². The molecule has 0 spiro atoms. The van der Waals surface area contributed by atoms with Crippen molar-refractivity contribution in [2.24, 2.45) is 0 Å². The van der Waals surface area contributed by atoms with Gasteiger partial charge in [0.05, 0.1) is 11.5 Å². The third kappa shape index (κ3) is 3.82. The molecule has 128 valence electrons. The number of carbonyl (C=O) groups is 1. The number of aromatic nitrogens is 3. The Balaban J connectivity index is 2.29. The molecule has 0 bridgehead atoms. The maximum Gasteiger partial charge on any atom is 0.311 e. The van der Waals surface area contributed by atoms with E-state index in [1.54, 1.807) is 13.8 Å². The number of nitro groups is 1. The lowest BCUT2D eigenvalue weighted by molar-refractivity contribution is -0.385. The van der Waals surface area contributed by atoms with Gasteiger partial charge in [-0.15, -0.1) is 10.2 Å². The van der Waals surface area contributed by atoms with Gasteiger partial charge in [0, 0.05) is 11.6 Å². The third-order valence-corrected chi connectivity index (χ3v) is 3.81. The van der Waals surface area contributed by atoms with E-state index >= 15 is 0 Å². The number of nitrogens with zero attached hydrogens (tertiary/aromatic N) is 4. The van der Waals surface area contributed by atoms with Crippen LogP contribution in [0.5, 0.6) is 5.75 Å². The van der Waals surface area contributed by atoms with E-state index in [2.05, 4.69) is 15.6 Å². The summed E-state index contributed by atoms with van der Waals surface area (Å²) in [6, 6.07) is 4.07. The number of benzene rings is 1. The predicted molar refractivity (Wildman–Crippen MR) is 89.1 cm³/mol. The van der Waals surface area contributed by atoms with Gasteiger partial charge in [0.1, 0.15) is 5.82 Å². The Morgan fingerprint density at radius 1 is 1.42 bits per heavy atom. The molecule has 1 aromatic heterocycles. The molecule has 9 nitrogen and oxygen atoms in total. The van der Waals surface area contributed by atoms with E-state index in [9.17, 15) is 14.9 Å². The predicted octanol–water partition coefficient (Wildman–Crippen LogP) is 2.39. The molecule has 0 unspecified atom stereocenters. The molecule has 0 aliphatic carbocycles. The highest BCUT2D eigenvalue weighted by Gasteiger charge is 2.20. The molecule has 0 saturated heterocycles. The lowest BCUT2D eigenvalue weighted by atomic mass is 10.2. The van der Waals surface area contributed by atoms with Crippen molar-refractivity contribution in [2.75, 3.05) is 17.8 Å². The van der Waals surface area contributed by atoms with Crippen LogP contribution in [0, 0.1) is 17.0 Å². The quantitative estimate of drug-likeness (QED) is 0.463. The number of rotatable bonds is 7. The molecule has 0 fully saturated rings. The standard InChI is InChI=1S/C14H17N5O4S/c1-4-23-12-7-6-10(8-11(12)19(21)22)13(20)17-18-9(3)15-16-14(18)24-5-2/h6-8H,4-5H2,1-3H3,(H,17,20). The highest BCUT2D eigenvalue weighted by atomic mass is 32.2. The summed E-state index contributed by atoms with van der Waals surface area (Å²) in [5.74, 6) is 0.909. The summed E-state index contributed by atoms with van der Waals surface area (Å²) in [4.78, 5) is 23.0. The van der Waals surface area contributed by atoms with Gasteiger partial charge in [0.2, 0.25) is 5.16 Å². The van der Waals surface area contributed by atoms with Crippen LogP contribution in [0.2, 0.25) is 0 Å². The summed E-state index contributed by atoms with van der Waals surface area (Å²) in [5, 5.41) is 19.6. The fourth-order valence-electron chi connectivity index (χ4n) is 1.94. The Labute approximate surface area is 142 Å². The second-order valence-corrected chi connectivity index (χ2v) is 5.84. The molecular formula is C14H17N5O4S. The first-order chi connectivity index (χ1) is 11.5. The number of amides is 1. The third-order valence-electron chi connectivity index (χ3n) is 3.00. The molecule has 1 heterocycles. The van der Waals surface area contributed by atoms with Crippen LogP contribution in [0.15, 0.2) is 23.4 Å². The zero-order valence-electron chi connectivity index (χ0n) is 13.5. The minimum atomic E-state index is -0.579. The minimum Gasteiger partial charge on any atom is -0.487 e. The number of hydrogen-bond donors (Lipinski definition) is 1. The number of nitro benzene ring substituents is 1. The molecule has 0 saturated carbocycles. The van der Waals surface area contributed by atoms with E-state index in [4.69, 9.17) is 4.74 Å². The van der Waals surface area contributed by atoms with Crippen LogP contribution in [0.3, 0.4) is 0 Å². The van der Waals surface area contributed by atoms with Crippen molar-refractivity contribution in [1.82, 2.24) is 14.9 Å². The number of thioether (sulfide) groups is 1. The van der Waals surface area contributed by atoms with Crippen molar-refractivity contribution in [3.05, 3.63) is 39.7 Å². The molecule has 2 aromatic rings. The van der Waals surface area contributed by atoms with E-state index in [1.807, 2.05) is 6.92 Å². The first-order valence-corrected chi connectivity index (χ1v) is 8.23. The Hall–Kier alpha value is -2.62. The second kappa shape index (κ2) is 7.77. The molecule has 1 amide bonds. The van der Waals surface area contributed by atoms with Gasteiger partial charge in [0.15, 0.2) is 5.75 Å². The summed E-state index contributed by atoms with van der Waals surface area (Å²) in [5.41, 5.74) is 2.53. The number of carbonyl (C=O) groups excluding carboxylic acids is 1. The first kappa shape index (κ1) is 17.7. The average Bonchev–Trinajstić information content (AvgIpc) is 2.89. The van der Waals surface area contributed by atoms with E-state index in [0.29, 0.717) is 17.6 Å². The van der Waals surface area contributed by atoms with Crippen LogP contribution in [-0.2, 0) is 0 Å². The van der Waals surface area contributed by atoms with Crippen LogP contribution in [0.1, 0.15) is 30.0 Å². The summed E-state index contributed by atoms with van der Waals surface area (Å²) >= 11 is 1.42. The normalized spacial score (nSPS) is 10.5.